The molecule has 10 nitrogen and oxygen atoms in total. The predicted octanol–water partition coefficient (Wildman–Crippen LogP) is 5.51. The Morgan fingerprint density at radius 1 is 0.939 bits per heavy atom. The Balaban J connectivity index is 1.07. The molecular formula is C39H39N5O5. The van der Waals surface area contributed by atoms with Crippen molar-refractivity contribution in [2.24, 2.45) is 11.8 Å². The third kappa shape index (κ3) is 4.88. The lowest BCUT2D eigenvalue weighted by Crippen LogP contribution is -2.46. The number of hydrogen-bond acceptors (Lipinski definition) is 7. The molecule has 5 aromatic rings. The van der Waals surface area contributed by atoms with Crippen LogP contribution < -0.4 is 9.80 Å². The smallest absolute Gasteiger partial charge is 0.264 e. The molecule has 4 heterocycles. The second kappa shape index (κ2) is 11.6. The fraction of sp³-hybridized carbons (Fsp3) is 0.333. The summed E-state index contributed by atoms with van der Waals surface area (Å²) >= 11 is 0. The average molecular weight is 658 g/mol. The SMILES string of the molecule is C[C@H]1[C@H](C(C)(C)O)[C@@H](CCn2cc(CCO)nn2)O[C@]12C(=O)N(Cc1ccc(N3C(=O)c4cccc5cccc3c45)cc1)c1ccccc12. The van der Waals surface area contributed by atoms with E-state index in [1.807, 2.05) is 98.0 Å². The highest BCUT2D eigenvalue weighted by molar-refractivity contribution is 6.27. The van der Waals surface area contributed by atoms with Gasteiger partial charge in [0.1, 0.15) is 0 Å². The van der Waals surface area contributed by atoms with E-state index in [1.165, 1.54) is 0 Å². The largest absolute Gasteiger partial charge is 0.396 e. The Hall–Kier alpha value is -4.90. The van der Waals surface area contributed by atoms with Crippen molar-refractivity contribution < 1.29 is 24.5 Å². The molecule has 10 heteroatoms. The van der Waals surface area contributed by atoms with Gasteiger partial charge in [-0.25, -0.2) is 0 Å². The summed E-state index contributed by atoms with van der Waals surface area (Å²) in [5.74, 6) is -0.867. The zero-order valence-corrected chi connectivity index (χ0v) is 27.8. The fourth-order valence-corrected chi connectivity index (χ4v) is 8.50. The Morgan fingerprint density at radius 3 is 2.43 bits per heavy atom. The maximum absolute atomic E-state index is 14.7. The molecule has 49 heavy (non-hydrogen) atoms. The number of carbonyl (C=O) groups is 2. The summed E-state index contributed by atoms with van der Waals surface area (Å²) in [5, 5.41) is 31.0. The Bertz CT molecular complexity index is 2080. The lowest BCUT2D eigenvalue weighted by Gasteiger charge is -2.34. The van der Waals surface area contributed by atoms with Crippen LogP contribution in [0.25, 0.3) is 10.8 Å². The van der Waals surface area contributed by atoms with Gasteiger partial charge in [-0.05, 0) is 61.5 Å². The number of nitrogens with zero attached hydrogens (tertiary/aromatic N) is 5. The highest BCUT2D eigenvalue weighted by Crippen LogP contribution is 2.58. The number of aliphatic hydroxyl groups excluding tert-OH is 1. The van der Waals surface area contributed by atoms with Gasteiger partial charge in [-0.15, -0.1) is 5.10 Å². The van der Waals surface area contributed by atoms with Crippen molar-refractivity contribution in [2.45, 2.75) is 64.0 Å². The summed E-state index contributed by atoms with van der Waals surface area (Å²) in [5.41, 5.74) is 3.17. The second-order valence-corrected chi connectivity index (χ2v) is 14.0. The lowest BCUT2D eigenvalue weighted by atomic mass is 9.71. The molecule has 0 unspecified atom stereocenters. The number of rotatable bonds is 9. The highest BCUT2D eigenvalue weighted by Gasteiger charge is 2.65. The van der Waals surface area contributed by atoms with Crippen LogP contribution in [0.15, 0.2) is 91.1 Å². The van der Waals surface area contributed by atoms with Crippen LogP contribution in [0.3, 0.4) is 0 Å². The van der Waals surface area contributed by atoms with Crippen LogP contribution in [-0.4, -0.2) is 55.3 Å². The van der Waals surface area contributed by atoms with Gasteiger partial charge in [-0.1, -0.05) is 66.7 Å². The minimum Gasteiger partial charge on any atom is -0.396 e. The molecule has 8 rings (SSSR count). The highest BCUT2D eigenvalue weighted by atomic mass is 16.5. The van der Waals surface area contributed by atoms with Gasteiger partial charge >= 0.3 is 0 Å². The molecule has 0 bridgehead atoms. The van der Waals surface area contributed by atoms with Gasteiger partial charge in [0, 0.05) is 54.2 Å². The number of aryl methyl sites for hydroxylation is 1. The molecule has 3 aliphatic rings. The first-order valence-corrected chi connectivity index (χ1v) is 16.9. The third-order valence-corrected chi connectivity index (χ3v) is 10.6. The zero-order valence-electron chi connectivity index (χ0n) is 27.8. The van der Waals surface area contributed by atoms with Crippen molar-refractivity contribution >= 4 is 39.6 Å². The molecular weight excluding hydrogens is 618 g/mol. The van der Waals surface area contributed by atoms with E-state index < -0.39 is 17.3 Å². The minimum atomic E-state index is -1.26. The maximum atomic E-state index is 14.7. The molecule has 0 radical (unpaired) electrons. The van der Waals surface area contributed by atoms with E-state index in [9.17, 15) is 19.8 Å². The van der Waals surface area contributed by atoms with Gasteiger partial charge in [0.25, 0.3) is 11.8 Å². The number of anilines is 3. The molecule has 1 saturated heterocycles. The summed E-state index contributed by atoms with van der Waals surface area (Å²) in [6.45, 7) is 6.39. The monoisotopic (exact) mass is 657 g/mol. The van der Waals surface area contributed by atoms with Gasteiger partial charge in [-0.2, -0.15) is 0 Å². The van der Waals surface area contributed by atoms with Crippen LogP contribution in [0.4, 0.5) is 17.1 Å². The molecule has 0 aliphatic carbocycles. The van der Waals surface area contributed by atoms with Crippen molar-refractivity contribution in [3.63, 3.8) is 0 Å². The van der Waals surface area contributed by atoms with E-state index in [-0.39, 0.29) is 30.3 Å². The van der Waals surface area contributed by atoms with Crippen LogP contribution in [0.2, 0.25) is 0 Å². The average Bonchev–Trinajstić information content (AvgIpc) is 3.81. The number of hydrogen-bond donors (Lipinski definition) is 2. The normalized spacial score (nSPS) is 23.0. The molecule has 250 valence electrons. The van der Waals surface area contributed by atoms with Gasteiger partial charge < -0.3 is 19.8 Å². The van der Waals surface area contributed by atoms with Crippen LogP contribution in [0.5, 0.6) is 0 Å². The van der Waals surface area contributed by atoms with E-state index in [4.69, 9.17) is 4.74 Å². The van der Waals surface area contributed by atoms with Gasteiger partial charge in [0.05, 0.1) is 40.9 Å². The molecule has 2 N–H and O–H groups in total. The molecule has 0 saturated carbocycles. The quantitative estimate of drug-likeness (QED) is 0.214. The molecule has 4 atom stereocenters. The summed E-state index contributed by atoms with van der Waals surface area (Å²) < 4.78 is 8.63. The Morgan fingerprint density at radius 2 is 1.67 bits per heavy atom. The van der Waals surface area contributed by atoms with E-state index in [1.54, 1.807) is 28.3 Å². The number of benzene rings is 4. The number of aliphatic hydroxyl groups is 2. The number of amides is 2. The summed E-state index contributed by atoms with van der Waals surface area (Å²) in [6, 6.07) is 27.4. The topological polar surface area (TPSA) is 121 Å². The second-order valence-electron chi connectivity index (χ2n) is 14.0. The van der Waals surface area contributed by atoms with E-state index in [0.717, 1.165) is 39.0 Å². The molecule has 1 spiro atoms. The number of aromatic nitrogens is 3. The molecule has 1 fully saturated rings. The number of para-hydroxylation sites is 1. The molecule has 3 aliphatic heterocycles. The standard InChI is InChI=1S/C39H39N5O5/c1-24-35(38(2,3)48)33(18-20-42-23-27(19-21-45)40-41-42)49-39(24)30-11-4-5-12-31(30)43(37(39)47)22-25-14-16-28(17-15-25)44-32-13-7-9-26-8-6-10-29(34(26)32)36(44)46/h4-17,23-24,33,35,45,48H,18-22H2,1-3H3/t24-,33+,35-,39+/m0/s1. The van der Waals surface area contributed by atoms with Crippen LogP contribution in [-0.2, 0) is 34.6 Å². The van der Waals surface area contributed by atoms with Gasteiger partial charge in [0.15, 0.2) is 5.60 Å². The molecule has 1 aromatic heterocycles. The van der Waals surface area contributed by atoms with Crippen LogP contribution in [0.1, 0.15) is 54.4 Å². The first kappa shape index (κ1) is 31.4. The first-order chi connectivity index (χ1) is 23.6. The van der Waals surface area contributed by atoms with Crippen molar-refractivity contribution in [3.05, 3.63) is 114 Å². The first-order valence-electron chi connectivity index (χ1n) is 16.9. The predicted molar refractivity (Wildman–Crippen MR) is 185 cm³/mol. The summed E-state index contributed by atoms with van der Waals surface area (Å²) in [7, 11) is 0. The fourth-order valence-electron chi connectivity index (χ4n) is 8.50. The third-order valence-electron chi connectivity index (χ3n) is 10.6. The van der Waals surface area contributed by atoms with Crippen LogP contribution in [0, 0.1) is 11.8 Å². The summed E-state index contributed by atoms with van der Waals surface area (Å²) in [6.07, 6.45) is 2.33. The number of carbonyl (C=O) groups excluding carboxylic acids is 2. The Labute approximate surface area is 284 Å². The minimum absolute atomic E-state index is 0.00281. The maximum Gasteiger partial charge on any atom is 0.264 e. The van der Waals surface area contributed by atoms with Crippen molar-refractivity contribution in [3.8, 4) is 0 Å². The van der Waals surface area contributed by atoms with E-state index in [0.29, 0.717) is 37.2 Å². The number of fused-ring (bicyclic) bond motifs is 2. The molecule has 4 aromatic carbocycles. The van der Waals surface area contributed by atoms with Crippen LogP contribution >= 0.6 is 0 Å². The van der Waals surface area contributed by atoms with E-state index >= 15 is 0 Å². The summed E-state index contributed by atoms with van der Waals surface area (Å²) in [4.78, 5) is 31.8. The lowest BCUT2D eigenvalue weighted by molar-refractivity contribution is -0.146. The van der Waals surface area contributed by atoms with Gasteiger partial charge in [0.2, 0.25) is 0 Å². The van der Waals surface area contributed by atoms with E-state index in [2.05, 4.69) is 10.3 Å². The Kier molecular flexibility index (Phi) is 7.44. The number of ether oxygens (including phenoxy) is 1. The van der Waals surface area contributed by atoms with Crippen molar-refractivity contribution in [1.29, 1.82) is 0 Å². The molecule has 2 amide bonds. The van der Waals surface area contributed by atoms with Crippen molar-refractivity contribution in [1.82, 2.24) is 15.0 Å². The zero-order chi connectivity index (χ0) is 34.1. The van der Waals surface area contributed by atoms with Gasteiger partial charge in [-0.3, -0.25) is 19.2 Å². The van der Waals surface area contributed by atoms with Crippen molar-refractivity contribution in [2.75, 3.05) is 16.4 Å².